The maximum atomic E-state index is 12.2. The molecule has 0 spiro atoms. The van der Waals surface area contributed by atoms with Crippen LogP contribution in [0.15, 0.2) is 48.5 Å². The lowest BCUT2D eigenvalue weighted by Gasteiger charge is -2.24. The van der Waals surface area contributed by atoms with Crippen molar-refractivity contribution in [1.29, 1.82) is 0 Å². The summed E-state index contributed by atoms with van der Waals surface area (Å²) < 4.78 is 0. The van der Waals surface area contributed by atoms with Gasteiger partial charge in [0.2, 0.25) is 11.8 Å². The molecule has 2 amide bonds. The second-order valence-electron chi connectivity index (χ2n) is 7.82. The largest absolute Gasteiger partial charge is 0.354 e. The molecular formula is C23H30ClN3O2. The minimum absolute atomic E-state index is 0. The first-order valence-electron chi connectivity index (χ1n) is 9.95. The Morgan fingerprint density at radius 1 is 1.14 bits per heavy atom. The lowest BCUT2D eigenvalue weighted by molar-refractivity contribution is -0.122. The fourth-order valence-corrected chi connectivity index (χ4v) is 3.51. The lowest BCUT2D eigenvalue weighted by atomic mass is 9.89. The fourth-order valence-electron chi connectivity index (χ4n) is 3.51. The van der Waals surface area contributed by atoms with E-state index in [0.717, 1.165) is 16.8 Å². The normalized spacial score (nSPS) is 16.4. The van der Waals surface area contributed by atoms with Crippen molar-refractivity contribution < 1.29 is 9.59 Å². The van der Waals surface area contributed by atoms with E-state index in [9.17, 15) is 9.59 Å². The molecule has 0 fully saturated rings. The van der Waals surface area contributed by atoms with Gasteiger partial charge in [-0.1, -0.05) is 56.3 Å². The number of carbonyl (C=O) groups excluding carboxylic acids is 2. The van der Waals surface area contributed by atoms with Gasteiger partial charge in [0.05, 0.1) is 0 Å². The van der Waals surface area contributed by atoms with E-state index in [-0.39, 0.29) is 36.2 Å². The number of hydrogen-bond acceptors (Lipinski definition) is 3. The summed E-state index contributed by atoms with van der Waals surface area (Å²) in [4.78, 5) is 24.5. The van der Waals surface area contributed by atoms with Gasteiger partial charge in [-0.15, -0.1) is 12.4 Å². The van der Waals surface area contributed by atoms with E-state index in [2.05, 4.69) is 36.6 Å². The SMILES string of the molecule is CC(C)c1ccc(C(N)CNC(=O)CCC2Cc3ccccc3NC2=O)cc1.Cl. The molecule has 1 aliphatic heterocycles. The standard InChI is InChI=1S/C23H29N3O2.ClH/c1-15(2)16-7-9-17(10-8-16)20(24)14-25-22(27)12-11-19-13-18-5-3-4-6-21(18)26-23(19)28;/h3-10,15,19-20H,11-14,24H2,1-2H3,(H,25,27)(H,26,28);1H. The number of carbonyl (C=O) groups is 2. The van der Waals surface area contributed by atoms with Crippen LogP contribution in [0.1, 0.15) is 55.3 Å². The average Bonchev–Trinajstić information content (AvgIpc) is 2.70. The molecule has 0 aliphatic carbocycles. The minimum Gasteiger partial charge on any atom is -0.354 e. The van der Waals surface area contributed by atoms with E-state index < -0.39 is 0 Å². The molecule has 0 radical (unpaired) electrons. The zero-order chi connectivity index (χ0) is 20.1. The molecule has 29 heavy (non-hydrogen) atoms. The Morgan fingerprint density at radius 3 is 2.48 bits per heavy atom. The van der Waals surface area contributed by atoms with Crippen molar-refractivity contribution in [2.75, 3.05) is 11.9 Å². The summed E-state index contributed by atoms with van der Waals surface area (Å²) in [6.45, 7) is 4.69. The number of amides is 2. The van der Waals surface area contributed by atoms with Gasteiger partial charge in [0.15, 0.2) is 0 Å². The van der Waals surface area contributed by atoms with Crippen LogP contribution >= 0.6 is 12.4 Å². The van der Waals surface area contributed by atoms with E-state index in [4.69, 9.17) is 5.73 Å². The zero-order valence-electron chi connectivity index (χ0n) is 17.0. The Balaban J connectivity index is 0.00000300. The fraction of sp³-hybridized carbons (Fsp3) is 0.391. The van der Waals surface area contributed by atoms with Crippen molar-refractivity contribution >= 4 is 29.9 Å². The highest BCUT2D eigenvalue weighted by Gasteiger charge is 2.26. The minimum atomic E-state index is -0.241. The lowest BCUT2D eigenvalue weighted by Crippen LogP contribution is -2.34. The number of rotatable bonds is 7. The summed E-state index contributed by atoms with van der Waals surface area (Å²) in [5.74, 6) is 0.237. The zero-order valence-corrected chi connectivity index (χ0v) is 17.8. The monoisotopic (exact) mass is 415 g/mol. The van der Waals surface area contributed by atoms with Gasteiger partial charge in [-0.3, -0.25) is 9.59 Å². The molecule has 1 aliphatic rings. The van der Waals surface area contributed by atoms with Gasteiger partial charge in [0, 0.05) is 30.6 Å². The predicted molar refractivity (Wildman–Crippen MR) is 119 cm³/mol. The molecule has 6 heteroatoms. The van der Waals surface area contributed by atoms with Gasteiger partial charge in [-0.05, 0) is 41.5 Å². The number of nitrogens with one attached hydrogen (secondary N) is 2. The summed E-state index contributed by atoms with van der Waals surface area (Å²) in [5.41, 5.74) is 10.5. The number of hydrogen-bond donors (Lipinski definition) is 3. The quantitative estimate of drug-likeness (QED) is 0.640. The highest BCUT2D eigenvalue weighted by Crippen LogP contribution is 2.27. The van der Waals surface area contributed by atoms with E-state index in [1.807, 2.05) is 36.4 Å². The molecule has 3 rings (SSSR count). The highest BCUT2D eigenvalue weighted by molar-refractivity contribution is 5.96. The summed E-state index contributed by atoms with van der Waals surface area (Å²) in [5, 5.41) is 5.82. The summed E-state index contributed by atoms with van der Waals surface area (Å²) in [6, 6.07) is 15.8. The number of nitrogens with two attached hydrogens (primary N) is 1. The van der Waals surface area contributed by atoms with E-state index in [0.29, 0.717) is 31.7 Å². The van der Waals surface area contributed by atoms with Crippen molar-refractivity contribution in [3.05, 3.63) is 65.2 Å². The molecule has 0 saturated carbocycles. The van der Waals surface area contributed by atoms with Gasteiger partial charge in [0.1, 0.15) is 0 Å². The van der Waals surface area contributed by atoms with Crippen LogP contribution in [0.25, 0.3) is 0 Å². The first-order valence-corrected chi connectivity index (χ1v) is 9.95. The van der Waals surface area contributed by atoms with Gasteiger partial charge in [-0.2, -0.15) is 0 Å². The smallest absolute Gasteiger partial charge is 0.227 e. The molecule has 5 nitrogen and oxygen atoms in total. The first-order chi connectivity index (χ1) is 13.4. The third-order valence-electron chi connectivity index (χ3n) is 5.38. The van der Waals surface area contributed by atoms with Crippen molar-refractivity contribution in [2.24, 2.45) is 11.7 Å². The molecule has 2 unspecified atom stereocenters. The Morgan fingerprint density at radius 2 is 1.79 bits per heavy atom. The molecule has 0 aromatic heterocycles. The van der Waals surface area contributed by atoms with Crippen LogP contribution in [0.3, 0.4) is 0 Å². The van der Waals surface area contributed by atoms with Crippen LogP contribution in [0.2, 0.25) is 0 Å². The predicted octanol–water partition coefficient (Wildman–Crippen LogP) is 3.94. The van der Waals surface area contributed by atoms with Gasteiger partial charge >= 0.3 is 0 Å². The highest BCUT2D eigenvalue weighted by atomic mass is 35.5. The topological polar surface area (TPSA) is 84.2 Å². The second kappa shape index (κ2) is 10.4. The number of benzene rings is 2. The summed E-state index contributed by atoms with van der Waals surface area (Å²) in [7, 11) is 0. The third kappa shape index (κ3) is 6.05. The Bertz CT molecular complexity index is 836. The molecule has 2 aromatic carbocycles. The van der Waals surface area contributed by atoms with Gasteiger partial charge in [-0.25, -0.2) is 0 Å². The molecule has 2 atom stereocenters. The van der Waals surface area contributed by atoms with Gasteiger partial charge < -0.3 is 16.4 Å². The maximum absolute atomic E-state index is 12.2. The molecule has 156 valence electrons. The Hall–Kier alpha value is -2.37. The average molecular weight is 416 g/mol. The van der Waals surface area contributed by atoms with Crippen molar-refractivity contribution in [3.8, 4) is 0 Å². The van der Waals surface area contributed by atoms with Crippen LogP contribution in [0.4, 0.5) is 5.69 Å². The second-order valence-corrected chi connectivity index (χ2v) is 7.82. The maximum Gasteiger partial charge on any atom is 0.227 e. The number of para-hydroxylation sites is 1. The molecule has 1 heterocycles. The Kier molecular flexibility index (Phi) is 8.23. The van der Waals surface area contributed by atoms with Crippen molar-refractivity contribution in [3.63, 3.8) is 0 Å². The summed E-state index contributed by atoms with van der Waals surface area (Å²) in [6.07, 6.45) is 1.53. The van der Waals surface area contributed by atoms with Crippen molar-refractivity contribution in [2.45, 2.75) is 45.1 Å². The third-order valence-corrected chi connectivity index (χ3v) is 5.38. The molecular weight excluding hydrogens is 386 g/mol. The van der Waals surface area contributed by atoms with Crippen molar-refractivity contribution in [1.82, 2.24) is 5.32 Å². The van der Waals surface area contributed by atoms with Gasteiger partial charge in [0.25, 0.3) is 0 Å². The van der Waals surface area contributed by atoms with Crippen LogP contribution in [0.5, 0.6) is 0 Å². The van der Waals surface area contributed by atoms with Crippen LogP contribution < -0.4 is 16.4 Å². The molecule has 2 aromatic rings. The number of anilines is 1. The van der Waals surface area contributed by atoms with E-state index in [1.165, 1.54) is 5.56 Å². The van der Waals surface area contributed by atoms with E-state index in [1.54, 1.807) is 0 Å². The number of halogens is 1. The summed E-state index contributed by atoms with van der Waals surface area (Å²) >= 11 is 0. The van der Waals surface area contributed by atoms with Crippen LogP contribution in [-0.4, -0.2) is 18.4 Å². The van der Waals surface area contributed by atoms with Crippen LogP contribution in [0, 0.1) is 5.92 Å². The first kappa shape index (κ1) is 22.9. The number of fused-ring (bicyclic) bond motifs is 1. The Labute approximate surface area is 178 Å². The van der Waals surface area contributed by atoms with Crippen LogP contribution in [-0.2, 0) is 16.0 Å². The molecule has 4 N–H and O–H groups in total. The van der Waals surface area contributed by atoms with E-state index >= 15 is 0 Å². The molecule has 0 saturated heterocycles. The molecule has 0 bridgehead atoms.